The molecule has 130 valence electrons. The average Bonchev–Trinajstić information content (AvgIpc) is 2.89. The number of aryl methyl sites for hydroxylation is 1. The van der Waals surface area contributed by atoms with Gasteiger partial charge < -0.3 is 14.4 Å². The molecule has 0 aromatic heterocycles. The summed E-state index contributed by atoms with van der Waals surface area (Å²) in [4.78, 5) is 15.1. The quantitative estimate of drug-likeness (QED) is 0.792. The van der Waals surface area contributed by atoms with E-state index in [0.717, 1.165) is 23.2 Å². The van der Waals surface area contributed by atoms with Gasteiger partial charge >= 0.3 is 0 Å². The third kappa shape index (κ3) is 2.86. The fourth-order valence-corrected chi connectivity index (χ4v) is 3.77. The number of hydrogen-bond donors (Lipinski definition) is 0. The third-order valence-electron chi connectivity index (χ3n) is 5.10. The van der Waals surface area contributed by atoms with Gasteiger partial charge in [0.15, 0.2) is 0 Å². The van der Waals surface area contributed by atoms with Gasteiger partial charge in [-0.05, 0) is 38.5 Å². The van der Waals surface area contributed by atoms with Gasteiger partial charge in [-0.3, -0.25) is 4.79 Å². The summed E-state index contributed by atoms with van der Waals surface area (Å²) in [5, 5.41) is 0. The number of benzene rings is 2. The van der Waals surface area contributed by atoms with Crippen molar-refractivity contribution in [1.29, 1.82) is 0 Å². The smallest absolute Gasteiger partial charge is 0.258 e. The van der Waals surface area contributed by atoms with E-state index in [9.17, 15) is 4.79 Å². The molecule has 0 radical (unpaired) electrons. The second-order valence-corrected chi connectivity index (χ2v) is 6.82. The van der Waals surface area contributed by atoms with E-state index in [1.54, 1.807) is 0 Å². The lowest BCUT2D eigenvalue weighted by Gasteiger charge is -2.43. The van der Waals surface area contributed by atoms with Crippen molar-refractivity contribution in [3.8, 4) is 0 Å². The zero-order valence-corrected chi connectivity index (χ0v) is 14.6. The summed E-state index contributed by atoms with van der Waals surface area (Å²) < 4.78 is 12.2. The highest BCUT2D eigenvalue weighted by atomic mass is 16.6. The van der Waals surface area contributed by atoms with Crippen LogP contribution in [0.3, 0.4) is 0 Å². The molecule has 0 saturated carbocycles. The monoisotopic (exact) mass is 337 g/mol. The number of ether oxygens (including phenoxy) is 2. The van der Waals surface area contributed by atoms with Gasteiger partial charge in [0, 0.05) is 24.3 Å². The highest BCUT2D eigenvalue weighted by Crippen LogP contribution is 2.42. The maximum Gasteiger partial charge on any atom is 0.258 e. The molecular formula is C21H23NO3. The number of carbonyl (C=O) groups is 1. The van der Waals surface area contributed by atoms with Crippen molar-refractivity contribution < 1.29 is 14.3 Å². The lowest BCUT2D eigenvalue weighted by Crippen LogP contribution is -2.52. The van der Waals surface area contributed by atoms with Crippen LogP contribution in [-0.4, -0.2) is 31.3 Å². The molecule has 1 fully saturated rings. The number of anilines is 1. The normalized spacial score (nSPS) is 25.7. The van der Waals surface area contributed by atoms with Crippen molar-refractivity contribution in [3.05, 3.63) is 65.2 Å². The van der Waals surface area contributed by atoms with Crippen LogP contribution in [0.15, 0.2) is 48.5 Å². The van der Waals surface area contributed by atoms with Crippen LogP contribution in [0, 0.1) is 6.92 Å². The van der Waals surface area contributed by atoms with E-state index < -0.39 is 0 Å². The molecule has 0 unspecified atom stereocenters. The maximum absolute atomic E-state index is 13.3. The lowest BCUT2D eigenvalue weighted by molar-refractivity contribution is -0.0520. The van der Waals surface area contributed by atoms with Gasteiger partial charge in [-0.2, -0.15) is 0 Å². The van der Waals surface area contributed by atoms with Gasteiger partial charge in [0.2, 0.25) is 0 Å². The molecule has 2 aromatic rings. The zero-order chi connectivity index (χ0) is 17.4. The molecule has 0 bridgehead atoms. The number of fused-ring (bicyclic) bond motifs is 3. The fourth-order valence-electron chi connectivity index (χ4n) is 3.77. The Bertz CT molecular complexity index is 771. The van der Waals surface area contributed by atoms with Gasteiger partial charge in [0.1, 0.15) is 12.2 Å². The van der Waals surface area contributed by atoms with Gasteiger partial charge in [0.25, 0.3) is 5.91 Å². The van der Waals surface area contributed by atoms with E-state index >= 15 is 0 Å². The molecule has 1 amide bonds. The minimum Gasteiger partial charge on any atom is -0.373 e. The molecule has 25 heavy (non-hydrogen) atoms. The van der Waals surface area contributed by atoms with Crippen LogP contribution < -0.4 is 4.90 Å². The number of amides is 1. The summed E-state index contributed by atoms with van der Waals surface area (Å²) in [6, 6.07) is 15.7. The summed E-state index contributed by atoms with van der Waals surface area (Å²) in [7, 11) is 0. The molecule has 2 heterocycles. The first-order valence-electron chi connectivity index (χ1n) is 8.89. The molecule has 4 rings (SSSR count). The Morgan fingerprint density at radius 2 is 1.76 bits per heavy atom. The largest absolute Gasteiger partial charge is 0.373 e. The topological polar surface area (TPSA) is 38.8 Å². The minimum absolute atomic E-state index is 0.00578. The van der Waals surface area contributed by atoms with Gasteiger partial charge in [-0.25, -0.2) is 0 Å². The van der Waals surface area contributed by atoms with E-state index in [0.29, 0.717) is 18.8 Å². The van der Waals surface area contributed by atoms with Crippen molar-refractivity contribution in [2.75, 3.05) is 18.1 Å². The number of rotatable bonds is 1. The number of hydrogen-bond acceptors (Lipinski definition) is 3. The summed E-state index contributed by atoms with van der Waals surface area (Å²) in [5.41, 5.74) is 3.80. The van der Waals surface area contributed by atoms with E-state index in [2.05, 4.69) is 0 Å². The standard InChI is InChI=1S/C21H23NO3/c1-14-8-10-16(11-9-14)21(23)22-15(2)19-20(25-13-5-12-24-19)17-6-3-4-7-18(17)22/h3-4,6-11,15,19-20H,5,12-13H2,1-2H3/t15-,19-,20-/m0/s1. The Morgan fingerprint density at radius 1 is 1.04 bits per heavy atom. The van der Waals surface area contributed by atoms with Crippen molar-refractivity contribution in [3.63, 3.8) is 0 Å². The van der Waals surface area contributed by atoms with Gasteiger partial charge in [-0.15, -0.1) is 0 Å². The van der Waals surface area contributed by atoms with Crippen molar-refractivity contribution >= 4 is 11.6 Å². The molecule has 3 atom stereocenters. The Labute approximate surface area is 148 Å². The first-order chi connectivity index (χ1) is 12.2. The Hall–Kier alpha value is -2.17. The summed E-state index contributed by atoms with van der Waals surface area (Å²) in [5.74, 6) is 0.00578. The van der Waals surface area contributed by atoms with Crippen LogP contribution in [-0.2, 0) is 9.47 Å². The molecule has 0 spiro atoms. The van der Waals surface area contributed by atoms with Crippen LogP contribution >= 0.6 is 0 Å². The van der Waals surface area contributed by atoms with Crippen molar-refractivity contribution in [2.45, 2.75) is 38.5 Å². The van der Waals surface area contributed by atoms with Crippen LogP contribution in [0.2, 0.25) is 0 Å². The van der Waals surface area contributed by atoms with E-state index in [1.165, 1.54) is 0 Å². The second-order valence-electron chi connectivity index (χ2n) is 6.82. The Kier molecular flexibility index (Phi) is 4.32. The van der Waals surface area contributed by atoms with E-state index in [-0.39, 0.29) is 24.2 Å². The molecule has 2 aromatic carbocycles. The highest BCUT2D eigenvalue weighted by molar-refractivity contribution is 6.07. The van der Waals surface area contributed by atoms with Crippen LogP contribution in [0.25, 0.3) is 0 Å². The lowest BCUT2D eigenvalue weighted by atomic mass is 9.90. The molecule has 0 aliphatic carbocycles. The molecular weight excluding hydrogens is 314 g/mol. The van der Waals surface area contributed by atoms with Crippen LogP contribution in [0.4, 0.5) is 5.69 Å². The summed E-state index contributed by atoms with van der Waals surface area (Å²) in [6.07, 6.45) is 0.621. The summed E-state index contributed by atoms with van der Waals surface area (Å²) in [6.45, 7) is 5.43. The van der Waals surface area contributed by atoms with Crippen molar-refractivity contribution in [2.24, 2.45) is 0 Å². The molecule has 4 nitrogen and oxygen atoms in total. The zero-order valence-electron chi connectivity index (χ0n) is 14.6. The molecule has 2 aliphatic heterocycles. The van der Waals surface area contributed by atoms with E-state index in [1.807, 2.05) is 67.3 Å². The van der Waals surface area contributed by atoms with Crippen LogP contribution in [0.5, 0.6) is 0 Å². The number of nitrogens with zero attached hydrogens (tertiary/aromatic N) is 1. The van der Waals surface area contributed by atoms with Gasteiger partial charge in [0.05, 0.1) is 11.7 Å². The predicted octanol–water partition coefficient (Wildman–Crippen LogP) is 3.89. The molecule has 4 heteroatoms. The third-order valence-corrected chi connectivity index (χ3v) is 5.10. The maximum atomic E-state index is 13.3. The average molecular weight is 337 g/mol. The number of carbonyl (C=O) groups excluding carboxylic acids is 1. The first kappa shape index (κ1) is 16.3. The molecule has 2 aliphatic rings. The van der Waals surface area contributed by atoms with Crippen molar-refractivity contribution in [1.82, 2.24) is 0 Å². The first-order valence-corrected chi connectivity index (χ1v) is 8.89. The molecule has 0 N–H and O–H groups in total. The number of para-hydroxylation sites is 1. The second kappa shape index (κ2) is 6.62. The predicted molar refractivity (Wildman–Crippen MR) is 96.9 cm³/mol. The van der Waals surface area contributed by atoms with E-state index in [4.69, 9.17) is 9.47 Å². The Balaban J connectivity index is 1.78. The Morgan fingerprint density at radius 3 is 2.56 bits per heavy atom. The van der Waals surface area contributed by atoms with Crippen LogP contribution in [0.1, 0.15) is 40.9 Å². The summed E-state index contributed by atoms with van der Waals surface area (Å²) >= 11 is 0. The SMILES string of the molecule is Cc1ccc(C(=O)N2c3ccccc3[C@@H]3OCCCO[C@H]3[C@@H]2C)cc1. The molecule has 1 saturated heterocycles. The van der Waals surface area contributed by atoms with Gasteiger partial charge in [-0.1, -0.05) is 35.9 Å². The highest BCUT2D eigenvalue weighted by Gasteiger charge is 2.43. The fraction of sp³-hybridized carbons (Fsp3) is 0.381. The minimum atomic E-state index is -0.146.